The van der Waals surface area contributed by atoms with Gasteiger partial charge in [0.2, 0.25) is 0 Å². The highest BCUT2D eigenvalue weighted by Crippen LogP contribution is 2.30. The lowest BCUT2D eigenvalue weighted by Crippen LogP contribution is -2.81. The van der Waals surface area contributed by atoms with Crippen molar-refractivity contribution in [1.29, 1.82) is 0 Å². The lowest BCUT2D eigenvalue weighted by atomic mass is 9.12. The summed E-state index contributed by atoms with van der Waals surface area (Å²) in [6.45, 7) is 0.820. The molecule has 0 unspecified atom stereocenters. The second-order valence-electron chi connectivity index (χ2n) is 11.9. The summed E-state index contributed by atoms with van der Waals surface area (Å²) in [5, 5.41) is 0.761. The maximum atomic E-state index is 15.4. The van der Waals surface area contributed by atoms with Gasteiger partial charge in [-0.05, 0) is 17.7 Å². The lowest BCUT2D eigenvalue weighted by Gasteiger charge is -2.44. The number of halogens is 21. The van der Waals surface area contributed by atoms with Crippen molar-refractivity contribution in [3.8, 4) is 0 Å². The number of hydrogen-bond donors (Lipinski definition) is 0. The fraction of sp³-hybridized carbons (Fsp3) is 0.0278. The average Bonchev–Trinajstić information content (AvgIpc) is 3.22. The van der Waals surface area contributed by atoms with Gasteiger partial charge in [0.15, 0.2) is 82.5 Å². The van der Waals surface area contributed by atoms with Gasteiger partial charge in [-0.25, -0.2) is 87.8 Å². The van der Waals surface area contributed by atoms with Gasteiger partial charge in [0.1, 0.15) is 52.7 Å². The number of nitrogens with zero attached hydrogens (tertiary/aromatic N) is 1. The number of pyridine rings is 1. The summed E-state index contributed by atoms with van der Waals surface area (Å²) in [6.07, 6.45) is -5.24. The zero-order chi connectivity index (χ0) is 44.2. The smallest absolute Gasteiger partial charge is 0.207 e. The molecule has 0 aliphatic carbocycles. The molecule has 1 nitrogen and oxygen atoms in total. The first-order valence-electron chi connectivity index (χ1n) is 15.5. The molecule has 0 saturated heterocycles. The van der Waals surface area contributed by atoms with E-state index in [4.69, 9.17) is 11.6 Å². The fourth-order valence-electron chi connectivity index (χ4n) is 6.24. The third kappa shape index (κ3) is 6.99. The van der Waals surface area contributed by atoms with Crippen molar-refractivity contribution in [1.82, 2.24) is 0 Å². The van der Waals surface area contributed by atoms with Crippen molar-refractivity contribution in [3.63, 3.8) is 0 Å². The molecular formula is C36H11BClF20N. The second-order valence-corrected chi connectivity index (χ2v) is 12.3. The summed E-state index contributed by atoms with van der Waals surface area (Å²) in [7, 11) is 0. The maximum Gasteiger partial charge on any atom is 0.275 e. The third-order valence-electron chi connectivity index (χ3n) is 8.79. The molecule has 310 valence electrons. The minimum atomic E-state index is -7.22. The molecule has 0 aliphatic rings. The summed E-state index contributed by atoms with van der Waals surface area (Å²) < 4.78 is 296. The van der Waals surface area contributed by atoms with Crippen LogP contribution in [-0.2, 0) is 6.54 Å². The third-order valence-corrected chi connectivity index (χ3v) is 9.13. The maximum absolute atomic E-state index is 15.4. The Hall–Kier alpha value is -5.80. The van der Waals surface area contributed by atoms with E-state index in [0.29, 0.717) is 0 Å². The van der Waals surface area contributed by atoms with Gasteiger partial charge in [-0.2, -0.15) is 4.57 Å². The van der Waals surface area contributed by atoms with Crippen molar-refractivity contribution >= 4 is 39.6 Å². The molecule has 0 N–H and O–H groups in total. The number of benzene rings is 5. The number of hydrogen-bond acceptors (Lipinski definition) is 0. The Morgan fingerprint density at radius 2 is 0.559 bits per heavy atom. The molecule has 0 amide bonds. The largest absolute Gasteiger partial charge is 0.275 e. The van der Waals surface area contributed by atoms with Gasteiger partial charge >= 0.3 is 0 Å². The highest BCUT2D eigenvalue weighted by atomic mass is 35.5. The molecule has 6 rings (SSSR count). The van der Waals surface area contributed by atoms with Crippen LogP contribution in [0, 0.1) is 116 Å². The Morgan fingerprint density at radius 1 is 0.322 bits per heavy atom. The Balaban J connectivity index is 0.000000395. The van der Waals surface area contributed by atoms with Crippen molar-refractivity contribution in [2.45, 2.75) is 6.54 Å². The van der Waals surface area contributed by atoms with Crippen LogP contribution in [0.2, 0.25) is 5.15 Å². The molecule has 0 saturated carbocycles. The molecule has 0 atom stereocenters. The van der Waals surface area contributed by atoms with E-state index in [1.807, 2.05) is 47.2 Å². The molecule has 0 bridgehead atoms. The summed E-state index contributed by atoms with van der Waals surface area (Å²) in [5.41, 5.74) is -13.1. The first kappa shape index (κ1) is 44.3. The topological polar surface area (TPSA) is 3.88 Å². The Morgan fingerprint density at radius 3 is 0.814 bits per heavy atom. The standard InChI is InChI=1S/C24BF20.C12H11ClN/c26-5-1(6(27)14(35)21(42)13(5)34)25(2-7(28)15(36)22(43)16(37)8(2)29,3-9(30)17(38)23(44)18(39)10(3)31)4-11(32)19(40)24(45)20(41)12(4)33;13-12-8-4-5-9-14(12)10-11-6-2-1-3-7-11/h;1-9H,10H2/q-1;+1. The predicted molar refractivity (Wildman–Crippen MR) is 166 cm³/mol. The zero-order valence-corrected chi connectivity index (χ0v) is 28.6. The number of aromatic nitrogens is 1. The molecule has 1 aromatic heterocycles. The van der Waals surface area contributed by atoms with E-state index >= 15 is 35.1 Å². The summed E-state index contributed by atoms with van der Waals surface area (Å²) in [4.78, 5) is 0. The van der Waals surface area contributed by atoms with Crippen LogP contribution in [0.5, 0.6) is 0 Å². The highest BCUT2D eigenvalue weighted by molar-refractivity contribution is 7.20. The van der Waals surface area contributed by atoms with Crippen LogP contribution in [0.15, 0.2) is 54.7 Å². The Labute approximate surface area is 320 Å². The van der Waals surface area contributed by atoms with Crippen LogP contribution in [0.1, 0.15) is 5.56 Å². The molecule has 6 aromatic rings. The normalized spacial score (nSPS) is 11.5. The second kappa shape index (κ2) is 16.5. The summed E-state index contributed by atoms with van der Waals surface area (Å²) in [6, 6.07) is 16.1. The summed E-state index contributed by atoms with van der Waals surface area (Å²) in [5.74, 6) is -71.4. The molecule has 59 heavy (non-hydrogen) atoms. The lowest BCUT2D eigenvalue weighted by molar-refractivity contribution is -0.686. The monoisotopic (exact) mass is 883 g/mol. The van der Waals surface area contributed by atoms with E-state index in [1.54, 1.807) is 0 Å². The molecule has 5 aromatic carbocycles. The van der Waals surface area contributed by atoms with Crippen molar-refractivity contribution in [2.75, 3.05) is 0 Å². The quantitative estimate of drug-likeness (QED) is 0.0395. The van der Waals surface area contributed by atoms with Gasteiger partial charge in [0, 0.05) is 17.7 Å². The number of rotatable bonds is 6. The molecule has 0 fully saturated rings. The van der Waals surface area contributed by atoms with Crippen LogP contribution in [0.25, 0.3) is 0 Å². The molecule has 23 heteroatoms. The average molecular weight is 884 g/mol. The Bertz CT molecular complexity index is 2280. The predicted octanol–water partition coefficient (Wildman–Crippen LogP) is 8.52. The van der Waals surface area contributed by atoms with E-state index in [-0.39, 0.29) is 0 Å². The molecule has 0 aliphatic heterocycles. The van der Waals surface area contributed by atoms with Crippen molar-refractivity contribution in [3.05, 3.63) is 182 Å². The molecular weight excluding hydrogens is 873 g/mol. The fourth-order valence-corrected chi connectivity index (χ4v) is 6.43. The van der Waals surface area contributed by atoms with Crippen molar-refractivity contribution in [2.24, 2.45) is 0 Å². The summed E-state index contributed by atoms with van der Waals surface area (Å²) >= 11 is 6.04. The molecule has 0 spiro atoms. The van der Waals surface area contributed by atoms with Gasteiger partial charge in [-0.3, -0.25) is 0 Å². The van der Waals surface area contributed by atoms with Gasteiger partial charge < -0.3 is 0 Å². The van der Waals surface area contributed by atoms with Crippen LogP contribution in [0.4, 0.5) is 87.8 Å². The first-order chi connectivity index (χ1) is 27.6. The molecule has 1 heterocycles. The van der Waals surface area contributed by atoms with Crippen LogP contribution < -0.4 is 26.4 Å². The minimum absolute atomic E-state index is 0.761. The van der Waals surface area contributed by atoms with Crippen LogP contribution >= 0.6 is 11.6 Å². The highest BCUT2D eigenvalue weighted by Gasteiger charge is 2.52. The van der Waals surface area contributed by atoms with Crippen LogP contribution in [0.3, 0.4) is 0 Å². The van der Waals surface area contributed by atoms with Gasteiger partial charge in [0.05, 0.1) is 0 Å². The van der Waals surface area contributed by atoms with E-state index < -0.39 is 144 Å². The van der Waals surface area contributed by atoms with E-state index in [9.17, 15) is 52.7 Å². The van der Waals surface area contributed by atoms with Gasteiger partial charge in [-0.1, -0.05) is 30.3 Å². The van der Waals surface area contributed by atoms with Crippen molar-refractivity contribution < 1.29 is 92.4 Å². The molecule has 0 radical (unpaired) electrons. The van der Waals surface area contributed by atoms with E-state index in [0.717, 1.165) is 11.7 Å². The van der Waals surface area contributed by atoms with Gasteiger partial charge in [-0.15, -0.1) is 21.9 Å². The van der Waals surface area contributed by atoms with E-state index in [2.05, 4.69) is 12.1 Å². The van der Waals surface area contributed by atoms with E-state index in [1.165, 1.54) is 5.56 Å². The minimum Gasteiger partial charge on any atom is -0.207 e. The first-order valence-corrected chi connectivity index (χ1v) is 15.9. The van der Waals surface area contributed by atoms with Gasteiger partial charge in [0.25, 0.3) is 5.15 Å². The Kier molecular flexibility index (Phi) is 12.4. The SMILES string of the molecule is Clc1cccc[n+]1Cc1ccccc1.Fc1c(F)c(F)c([B-](c2c(F)c(F)c(F)c(F)c2F)(c2c(F)c(F)c(F)c(F)c2F)c2c(F)c(F)c(F)c(F)c2F)c(F)c1F. The zero-order valence-electron chi connectivity index (χ0n) is 27.9. The van der Waals surface area contributed by atoms with Crippen LogP contribution in [-0.4, -0.2) is 6.15 Å².